The molecule has 5 nitrogen and oxygen atoms in total. The van der Waals surface area contributed by atoms with Crippen LogP contribution in [0.1, 0.15) is 36.5 Å². The third-order valence-corrected chi connectivity index (χ3v) is 3.11. The molecule has 0 fully saturated rings. The van der Waals surface area contributed by atoms with Gasteiger partial charge in [0.05, 0.1) is 0 Å². The largest absolute Gasteiger partial charge is 0.352 e. The minimum Gasteiger partial charge on any atom is -0.352 e. The summed E-state index contributed by atoms with van der Waals surface area (Å²) in [5.74, 6) is 0.251. The van der Waals surface area contributed by atoms with Crippen LogP contribution in [0.25, 0.3) is 0 Å². The highest BCUT2D eigenvalue weighted by Gasteiger charge is 2.11. The van der Waals surface area contributed by atoms with Crippen LogP contribution < -0.4 is 10.6 Å². The van der Waals surface area contributed by atoms with Gasteiger partial charge in [0.25, 0.3) is 5.91 Å². The van der Waals surface area contributed by atoms with Crippen LogP contribution in [0.5, 0.6) is 0 Å². The summed E-state index contributed by atoms with van der Waals surface area (Å²) in [7, 11) is 0. The summed E-state index contributed by atoms with van der Waals surface area (Å²) in [6.07, 6.45) is 0.961. The number of amides is 1. The third-order valence-electron chi connectivity index (χ3n) is 3.11. The fourth-order valence-electron chi connectivity index (χ4n) is 1.79. The molecule has 0 spiro atoms. The number of anilines is 2. The molecule has 1 unspecified atom stereocenters. The van der Waals surface area contributed by atoms with Gasteiger partial charge in [0.2, 0.25) is 5.95 Å². The number of rotatable bonds is 5. The Kier molecular flexibility index (Phi) is 4.87. The van der Waals surface area contributed by atoms with Crippen molar-refractivity contribution < 1.29 is 4.79 Å². The van der Waals surface area contributed by atoms with Gasteiger partial charge in [-0.15, -0.1) is 0 Å². The van der Waals surface area contributed by atoms with Crippen molar-refractivity contribution in [3.05, 3.63) is 47.8 Å². The van der Waals surface area contributed by atoms with Crippen molar-refractivity contribution in [1.29, 1.82) is 0 Å². The van der Waals surface area contributed by atoms with Crippen LogP contribution in [0.4, 0.5) is 11.6 Å². The maximum Gasteiger partial charge on any atom is 0.274 e. The van der Waals surface area contributed by atoms with E-state index in [1.54, 1.807) is 6.07 Å². The Morgan fingerprint density at radius 3 is 2.62 bits per heavy atom. The molecule has 2 rings (SSSR count). The molecule has 21 heavy (non-hydrogen) atoms. The molecule has 2 aromatic rings. The van der Waals surface area contributed by atoms with E-state index in [0.717, 1.165) is 17.8 Å². The molecule has 1 aromatic heterocycles. The highest BCUT2D eigenvalue weighted by atomic mass is 16.1. The van der Waals surface area contributed by atoms with Gasteiger partial charge in [0.1, 0.15) is 5.69 Å². The first-order valence-electron chi connectivity index (χ1n) is 7.07. The molecule has 1 atom stereocenters. The fourth-order valence-corrected chi connectivity index (χ4v) is 1.79. The lowest BCUT2D eigenvalue weighted by Crippen LogP contribution is -2.19. The third kappa shape index (κ3) is 4.27. The number of aryl methyl sites for hydroxylation is 1. The number of hydrogen-bond donors (Lipinski definition) is 2. The Labute approximate surface area is 124 Å². The number of benzene rings is 1. The molecule has 0 saturated carbocycles. The number of para-hydroxylation sites is 1. The van der Waals surface area contributed by atoms with Crippen LogP contribution in [0.2, 0.25) is 0 Å². The number of nitrogens with zero attached hydrogens (tertiary/aromatic N) is 2. The van der Waals surface area contributed by atoms with Crippen molar-refractivity contribution in [3.8, 4) is 0 Å². The number of carbonyl (C=O) groups is 1. The molecule has 1 amide bonds. The molecule has 0 saturated heterocycles. The average Bonchev–Trinajstić information content (AvgIpc) is 2.47. The van der Waals surface area contributed by atoms with E-state index in [1.165, 1.54) is 0 Å². The Hall–Kier alpha value is -2.43. The molecule has 1 heterocycles. The minimum atomic E-state index is -0.237. The molecule has 2 N–H and O–H groups in total. The zero-order valence-electron chi connectivity index (χ0n) is 12.6. The van der Waals surface area contributed by atoms with E-state index in [-0.39, 0.29) is 11.9 Å². The van der Waals surface area contributed by atoms with Crippen LogP contribution >= 0.6 is 0 Å². The normalized spacial score (nSPS) is 11.8. The summed E-state index contributed by atoms with van der Waals surface area (Å²) >= 11 is 0. The van der Waals surface area contributed by atoms with E-state index in [4.69, 9.17) is 0 Å². The lowest BCUT2D eigenvalue weighted by Gasteiger charge is -2.12. The second-order valence-corrected chi connectivity index (χ2v) is 4.99. The van der Waals surface area contributed by atoms with Crippen LogP contribution in [-0.2, 0) is 0 Å². The van der Waals surface area contributed by atoms with Gasteiger partial charge in [-0.25, -0.2) is 9.97 Å². The van der Waals surface area contributed by atoms with Gasteiger partial charge in [-0.3, -0.25) is 4.79 Å². The molecule has 110 valence electrons. The van der Waals surface area contributed by atoms with E-state index in [0.29, 0.717) is 11.6 Å². The minimum absolute atomic E-state index is 0.237. The van der Waals surface area contributed by atoms with E-state index in [9.17, 15) is 4.79 Å². The maximum absolute atomic E-state index is 12.2. The second kappa shape index (κ2) is 6.83. The van der Waals surface area contributed by atoms with Crippen molar-refractivity contribution in [2.24, 2.45) is 0 Å². The zero-order valence-corrected chi connectivity index (χ0v) is 12.6. The molecule has 0 aliphatic carbocycles. The maximum atomic E-state index is 12.2. The Morgan fingerprint density at radius 2 is 1.95 bits per heavy atom. The van der Waals surface area contributed by atoms with Crippen LogP contribution in [-0.4, -0.2) is 21.9 Å². The monoisotopic (exact) mass is 284 g/mol. The van der Waals surface area contributed by atoms with Crippen molar-refractivity contribution in [3.63, 3.8) is 0 Å². The molecule has 1 aromatic carbocycles. The molecular formula is C16H20N4O. The highest BCUT2D eigenvalue weighted by Crippen LogP contribution is 2.11. The second-order valence-electron chi connectivity index (χ2n) is 4.99. The van der Waals surface area contributed by atoms with Crippen LogP contribution in [0.15, 0.2) is 36.4 Å². The summed E-state index contributed by atoms with van der Waals surface area (Å²) in [6.45, 7) is 5.98. The summed E-state index contributed by atoms with van der Waals surface area (Å²) in [4.78, 5) is 20.8. The first-order chi connectivity index (χ1) is 10.1. The van der Waals surface area contributed by atoms with E-state index >= 15 is 0 Å². The van der Waals surface area contributed by atoms with Gasteiger partial charge in [-0.05, 0) is 38.5 Å². The van der Waals surface area contributed by atoms with E-state index in [1.807, 2.05) is 37.3 Å². The first kappa shape index (κ1) is 15.0. The summed E-state index contributed by atoms with van der Waals surface area (Å²) in [5.41, 5.74) is 1.86. The predicted molar refractivity (Wildman–Crippen MR) is 84.5 cm³/mol. The number of carbonyl (C=O) groups excluding carboxylic acids is 1. The lowest BCUT2D eigenvalue weighted by atomic mass is 10.2. The van der Waals surface area contributed by atoms with Gasteiger partial charge >= 0.3 is 0 Å². The van der Waals surface area contributed by atoms with Gasteiger partial charge < -0.3 is 10.6 Å². The predicted octanol–water partition coefficient (Wildman–Crippen LogP) is 3.25. The summed E-state index contributed by atoms with van der Waals surface area (Å²) < 4.78 is 0. The Balaban J connectivity index is 2.17. The van der Waals surface area contributed by atoms with E-state index in [2.05, 4.69) is 34.4 Å². The molecule has 0 radical (unpaired) electrons. The van der Waals surface area contributed by atoms with Gasteiger partial charge in [-0.1, -0.05) is 25.1 Å². The quantitative estimate of drug-likeness (QED) is 0.884. The average molecular weight is 284 g/mol. The number of aromatic nitrogens is 2. The SMILES string of the molecule is CCC(C)Nc1nc(C)cc(C(=O)Nc2ccccc2)n1. The van der Waals surface area contributed by atoms with E-state index < -0.39 is 0 Å². The van der Waals surface area contributed by atoms with Gasteiger partial charge in [-0.2, -0.15) is 0 Å². The van der Waals surface area contributed by atoms with Crippen LogP contribution in [0, 0.1) is 6.92 Å². The fraction of sp³-hybridized carbons (Fsp3) is 0.312. The lowest BCUT2D eigenvalue weighted by molar-refractivity contribution is 0.102. The molecule has 0 aliphatic rings. The molecule has 5 heteroatoms. The highest BCUT2D eigenvalue weighted by molar-refractivity contribution is 6.03. The summed E-state index contributed by atoms with van der Waals surface area (Å²) in [6, 6.07) is 11.3. The zero-order chi connectivity index (χ0) is 15.2. The van der Waals surface area contributed by atoms with Crippen molar-refractivity contribution in [2.45, 2.75) is 33.2 Å². The molecule has 0 aliphatic heterocycles. The van der Waals surface area contributed by atoms with Crippen molar-refractivity contribution in [2.75, 3.05) is 10.6 Å². The van der Waals surface area contributed by atoms with Crippen molar-refractivity contribution >= 4 is 17.5 Å². The van der Waals surface area contributed by atoms with Crippen molar-refractivity contribution in [1.82, 2.24) is 9.97 Å². The topological polar surface area (TPSA) is 66.9 Å². The Bertz CT molecular complexity index is 613. The molecular weight excluding hydrogens is 264 g/mol. The molecule has 0 bridgehead atoms. The van der Waals surface area contributed by atoms with Gasteiger partial charge in [0.15, 0.2) is 0 Å². The first-order valence-corrected chi connectivity index (χ1v) is 7.07. The smallest absolute Gasteiger partial charge is 0.274 e. The van der Waals surface area contributed by atoms with Crippen LogP contribution in [0.3, 0.4) is 0 Å². The summed E-state index contributed by atoms with van der Waals surface area (Å²) in [5, 5.41) is 6.01. The standard InChI is InChI=1S/C16H20N4O/c1-4-11(2)17-16-18-12(3)10-14(20-16)15(21)19-13-8-6-5-7-9-13/h5-11H,4H2,1-3H3,(H,19,21)(H,17,18,20). The Morgan fingerprint density at radius 1 is 1.24 bits per heavy atom. The van der Waals surface area contributed by atoms with Gasteiger partial charge in [0, 0.05) is 17.4 Å². The number of hydrogen-bond acceptors (Lipinski definition) is 4. The number of nitrogens with one attached hydrogen (secondary N) is 2.